The maximum atomic E-state index is 12.3. The fraction of sp³-hybridized carbons (Fsp3) is 0.385. The van der Waals surface area contributed by atoms with E-state index in [-0.39, 0.29) is 30.2 Å². The Morgan fingerprint density at radius 1 is 1.43 bits per heavy atom. The van der Waals surface area contributed by atoms with Gasteiger partial charge >= 0.3 is 5.97 Å². The van der Waals surface area contributed by atoms with Gasteiger partial charge in [-0.15, -0.1) is 0 Å². The number of rotatable bonds is 5. The highest BCUT2D eigenvalue weighted by Crippen LogP contribution is 2.30. The number of carboxylic acid groups (broad SMARTS) is 1. The number of carbonyl (C=O) groups is 2. The smallest absolute Gasteiger partial charge is 0.304 e. The van der Waals surface area contributed by atoms with Crippen LogP contribution < -0.4 is 4.90 Å². The molecule has 0 fully saturated rings. The van der Waals surface area contributed by atoms with Gasteiger partial charge in [-0.1, -0.05) is 0 Å². The van der Waals surface area contributed by atoms with Crippen molar-refractivity contribution in [3.05, 3.63) is 23.8 Å². The molecule has 1 aliphatic rings. The number of hydrogen-bond donors (Lipinski definition) is 1. The average molecular weight is 312 g/mol. The average Bonchev–Trinajstić information content (AvgIpc) is 2.70. The van der Waals surface area contributed by atoms with E-state index < -0.39 is 16.0 Å². The van der Waals surface area contributed by atoms with E-state index in [0.29, 0.717) is 11.3 Å². The van der Waals surface area contributed by atoms with Crippen LogP contribution in [0.5, 0.6) is 0 Å². The Labute approximate surface area is 122 Å². The van der Waals surface area contributed by atoms with Crippen molar-refractivity contribution in [3.63, 3.8) is 0 Å². The van der Waals surface area contributed by atoms with Crippen LogP contribution in [0.2, 0.25) is 0 Å². The lowest BCUT2D eigenvalue weighted by Crippen LogP contribution is -2.29. The van der Waals surface area contributed by atoms with Crippen molar-refractivity contribution < 1.29 is 23.1 Å². The van der Waals surface area contributed by atoms with Crippen molar-refractivity contribution in [3.8, 4) is 0 Å². The number of benzene rings is 1. The molecule has 0 atom stereocenters. The number of likely N-dealkylation sites (N-methyl/N-ethyl adjacent to an activating group) is 1. The monoisotopic (exact) mass is 312 g/mol. The summed E-state index contributed by atoms with van der Waals surface area (Å²) in [6.45, 7) is -0.104. The van der Waals surface area contributed by atoms with Crippen molar-refractivity contribution >= 4 is 27.6 Å². The van der Waals surface area contributed by atoms with Gasteiger partial charge in [-0.05, 0) is 23.8 Å². The lowest BCUT2D eigenvalue weighted by Gasteiger charge is -2.17. The summed E-state index contributed by atoms with van der Waals surface area (Å²) in [5, 5.41) is 8.62. The van der Waals surface area contributed by atoms with Gasteiger partial charge in [-0.3, -0.25) is 9.59 Å². The van der Waals surface area contributed by atoms with Crippen molar-refractivity contribution in [1.29, 1.82) is 0 Å². The van der Waals surface area contributed by atoms with Gasteiger partial charge in [0, 0.05) is 26.3 Å². The van der Waals surface area contributed by atoms with Gasteiger partial charge in [-0.25, -0.2) is 12.7 Å². The Hall–Kier alpha value is -1.93. The third-order valence-corrected chi connectivity index (χ3v) is 5.33. The highest BCUT2D eigenvalue weighted by molar-refractivity contribution is 7.89. The molecule has 1 aliphatic heterocycles. The van der Waals surface area contributed by atoms with E-state index in [9.17, 15) is 18.0 Å². The summed E-state index contributed by atoms with van der Waals surface area (Å²) in [7, 11) is -0.775. The highest BCUT2D eigenvalue weighted by atomic mass is 32.2. The lowest BCUT2D eigenvalue weighted by molar-refractivity contribution is -0.137. The largest absolute Gasteiger partial charge is 0.481 e. The minimum absolute atomic E-state index is 0.0669. The standard InChI is InChI=1S/C13H16N2O5S/c1-14(6-5-13(17)18)21(19,20)10-3-4-11-9(7-10)8-12(16)15(11)2/h3-4,7H,5-6,8H2,1-2H3,(H,17,18). The fourth-order valence-electron chi connectivity index (χ4n) is 2.16. The molecule has 1 heterocycles. The molecular weight excluding hydrogens is 296 g/mol. The predicted molar refractivity (Wildman–Crippen MR) is 75.6 cm³/mol. The van der Waals surface area contributed by atoms with E-state index in [1.807, 2.05) is 0 Å². The summed E-state index contributed by atoms with van der Waals surface area (Å²) in [5.41, 5.74) is 1.36. The minimum atomic E-state index is -3.75. The highest BCUT2D eigenvalue weighted by Gasteiger charge is 2.27. The topological polar surface area (TPSA) is 95.0 Å². The van der Waals surface area contributed by atoms with Gasteiger partial charge in [0.2, 0.25) is 15.9 Å². The quantitative estimate of drug-likeness (QED) is 0.844. The van der Waals surface area contributed by atoms with Crippen molar-refractivity contribution in [1.82, 2.24) is 4.31 Å². The molecule has 0 saturated carbocycles. The molecule has 114 valence electrons. The molecule has 0 bridgehead atoms. The number of hydrogen-bond acceptors (Lipinski definition) is 4. The first-order valence-corrected chi connectivity index (χ1v) is 7.75. The molecule has 0 saturated heterocycles. The van der Waals surface area contributed by atoms with E-state index in [1.54, 1.807) is 13.1 Å². The van der Waals surface area contributed by atoms with Gasteiger partial charge in [0.05, 0.1) is 17.7 Å². The summed E-state index contributed by atoms with van der Waals surface area (Å²) in [6.07, 6.45) is -0.0874. The zero-order chi connectivity index (χ0) is 15.8. The first kappa shape index (κ1) is 15.5. The van der Waals surface area contributed by atoms with Crippen molar-refractivity contribution in [2.75, 3.05) is 25.5 Å². The van der Waals surface area contributed by atoms with Crippen molar-refractivity contribution in [2.45, 2.75) is 17.7 Å². The summed E-state index contributed by atoms with van der Waals surface area (Å²) in [5.74, 6) is -1.14. The zero-order valence-electron chi connectivity index (χ0n) is 11.7. The molecule has 0 spiro atoms. The van der Waals surface area contributed by atoms with Gasteiger partial charge in [0.25, 0.3) is 0 Å². The molecule has 1 aromatic carbocycles. The number of amides is 1. The second kappa shape index (κ2) is 5.45. The Kier molecular flexibility index (Phi) is 4.02. The van der Waals surface area contributed by atoms with E-state index in [4.69, 9.17) is 5.11 Å². The Bertz CT molecular complexity index is 699. The third-order valence-electron chi connectivity index (χ3n) is 3.48. The lowest BCUT2D eigenvalue weighted by atomic mass is 10.2. The SMILES string of the molecule is CN1C(=O)Cc2cc(S(=O)(=O)N(C)CCC(=O)O)ccc21. The second-order valence-electron chi connectivity index (χ2n) is 4.89. The van der Waals surface area contributed by atoms with Gasteiger partial charge < -0.3 is 10.0 Å². The van der Waals surface area contributed by atoms with Crippen LogP contribution in [0.3, 0.4) is 0 Å². The molecular formula is C13H16N2O5S. The Morgan fingerprint density at radius 2 is 2.10 bits per heavy atom. The third kappa shape index (κ3) is 2.91. The fourth-order valence-corrected chi connectivity index (χ4v) is 3.38. The minimum Gasteiger partial charge on any atom is -0.481 e. The van der Waals surface area contributed by atoms with Crippen LogP contribution in [0.1, 0.15) is 12.0 Å². The number of aliphatic carboxylic acids is 1. The van der Waals surface area contributed by atoms with Crippen LogP contribution in [-0.4, -0.2) is 50.3 Å². The number of nitrogens with zero attached hydrogens (tertiary/aromatic N) is 2. The first-order chi connectivity index (χ1) is 9.73. The molecule has 0 aliphatic carbocycles. The predicted octanol–water partition coefficient (Wildman–Crippen LogP) is 0.301. The zero-order valence-corrected chi connectivity index (χ0v) is 12.6. The second-order valence-corrected chi connectivity index (χ2v) is 6.94. The first-order valence-electron chi connectivity index (χ1n) is 6.31. The number of anilines is 1. The molecule has 7 nitrogen and oxygen atoms in total. The summed E-state index contributed by atoms with van der Waals surface area (Å²) >= 11 is 0. The number of carbonyl (C=O) groups excluding carboxylic acids is 1. The van der Waals surface area contributed by atoms with Gasteiger partial charge in [0.15, 0.2) is 0 Å². The maximum Gasteiger partial charge on any atom is 0.304 e. The summed E-state index contributed by atoms with van der Waals surface area (Å²) in [6, 6.07) is 4.50. The van der Waals surface area contributed by atoms with Gasteiger partial charge in [-0.2, -0.15) is 0 Å². The van der Waals surface area contributed by atoms with Crippen LogP contribution in [0.15, 0.2) is 23.1 Å². The van der Waals surface area contributed by atoms with Crippen LogP contribution in [0.4, 0.5) is 5.69 Å². The van der Waals surface area contributed by atoms with Gasteiger partial charge in [0.1, 0.15) is 0 Å². The molecule has 8 heteroatoms. The van der Waals surface area contributed by atoms with Crippen LogP contribution in [0.25, 0.3) is 0 Å². The Morgan fingerprint density at radius 3 is 2.71 bits per heavy atom. The van der Waals surface area contributed by atoms with Crippen LogP contribution in [0, 0.1) is 0 Å². The summed E-state index contributed by atoms with van der Waals surface area (Å²) in [4.78, 5) is 23.7. The number of fused-ring (bicyclic) bond motifs is 1. The molecule has 0 radical (unpaired) electrons. The van der Waals surface area contributed by atoms with Crippen molar-refractivity contribution in [2.24, 2.45) is 0 Å². The van der Waals surface area contributed by atoms with E-state index >= 15 is 0 Å². The molecule has 1 aromatic rings. The van der Waals surface area contributed by atoms with Crippen LogP contribution >= 0.6 is 0 Å². The van der Waals surface area contributed by atoms with E-state index in [1.165, 1.54) is 24.1 Å². The number of carboxylic acids is 1. The van der Waals surface area contributed by atoms with Crippen LogP contribution in [-0.2, 0) is 26.0 Å². The Balaban J connectivity index is 2.28. The maximum absolute atomic E-state index is 12.3. The molecule has 2 rings (SSSR count). The molecule has 0 unspecified atom stereocenters. The summed E-state index contributed by atoms with van der Waals surface area (Å²) < 4.78 is 25.7. The molecule has 0 aromatic heterocycles. The molecule has 21 heavy (non-hydrogen) atoms. The molecule has 1 amide bonds. The number of sulfonamides is 1. The normalized spacial score (nSPS) is 14.6. The van der Waals surface area contributed by atoms with E-state index in [0.717, 1.165) is 4.31 Å². The van der Waals surface area contributed by atoms with E-state index in [2.05, 4.69) is 0 Å². The molecule has 1 N–H and O–H groups in total.